The fourth-order valence-electron chi connectivity index (χ4n) is 1.87. The molecule has 0 aliphatic carbocycles. The van der Waals surface area contributed by atoms with Gasteiger partial charge in [0.25, 0.3) is 0 Å². The van der Waals surface area contributed by atoms with Gasteiger partial charge in [-0.15, -0.1) is 0 Å². The Balaban J connectivity index is 1.91. The lowest BCUT2D eigenvalue weighted by Gasteiger charge is -2.15. The highest BCUT2D eigenvalue weighted by atomic mass is 35.5. The van der Waals surface area contributed by atoms with Gasteiger partial charge in [0, 0.05) is 24.2 Å². The van der Waals surface area contributed by atoms with Crippen LogP contribution in [0.2, 0.25) is 5.02 Å². The predicted octanol–water partition coefficient (Wildman–Crippen LogP) is 3.93. The van der Waals surface area contributed by atoms with Crippen molar-refractivity contribution in [1.82, 2.24) is 4.98 Å². The molecule has 4 nitrogen and oxygen atoms in total. The summed E-state index contributed by atoms with van der Waals surface area (Å²) in [5.74, 6) is 0.594. The summed E-state index contributed by atoms with van der Waals surface area (Å²) in [6.45, 7) is 3.14. The van der Waals surface area contributed by atoms with Gasteiger partial charge in [-0.25, -0.2) is 4.98 Å². The Kier molecular flexibility index (Phi) is 5.84. The van der Waals surface area contributed by atoms with Gasteiger partial charge < -0.3 is 14.8 Å². The van der Waals surface area contributed by atoms with Crippen molar-refractivity contribution in [2.75, 3.05) is 25.6 Å². The molecule has 1 N–H and O–H groups in total. The summed E-state index contributed by atoms with van der Waals surface area (Å²) >= 11 is 5.89. The molecular formula is C16H19ClN2O2. The van der Waals surface area contributed by atoms with Crippen LogP contribution in [0.1, 0.15) is 18.5 Å². The highest BCUT2D eigenvalue weighted by Crippen LogP contribution is 2.21. The van der Waals surface area contributed by atoms with Crippen LogP contribution in [0.25, 0.3) is 0 Å². The van der Waals surface area contributed by atoms with Crippen LogP contribution in [-0.2, 0) is 4.74 Å². The van der Waals surface area contributed by atoms with Gasteiger partial charge in [-0.1, -0.05) is 23.7 Å². The second-order valence-electron chi connectivity index (χ2n) is 4.64. The number of nitrogens with one attached hydrogen (secondary N) is 1. The zero-order valence-electron chi connectivity index (χ0n) is 12.2. The molecule has 112 valence electrons. The van der Waals surface area contributed by atoms with Gasteiger partial charge in [-0.3, -0.25) is 0 Å². The van der Waals surface area contributed by atoms with Gasteiger partial charge in [0.15, 0.2) is 0 Å². The normalized spacial score (nSPS) is 12.0. The van der Waals surface area contributed by atoms with Gasteiger partial charge in [-0.05, 0) is 30.7 Å². The second-order valence-corrected chi connectivity index (χ2v) is 5.08. The molecular weight excluding hydrogens is 288 g/mol. The van der Waals surface area contributed by atoms with Crippen molar-refractivity contribution >= 4 is 17.3 Å². The molecule has 0 radical (unpaired) electrons. The van der Waals surface area contributed by atoms with Gasteiger partial charge in [0.2, 0.25) is 5.88 Å². The maximum Gasteiger partial charge on any atom is 0.213 e. The van der Waals surface area contributed by atoms with Crippen LogP contribution < -0.4 is 10.1 Å². The van der Waals surface area contributed by atoms with Crippen molar-refractivity contribution in [3.8, 4) is 5.88 Å². The summed E-state index contributed by atoms with van der Waals surface area (Å²) in [7, 11) is 1.64. The standard InChI is InChI=1S/C16H19ClN2O2/c1-12(13-3-5-14(17)6-4-13)19-15-7-8-16(18-11-15)21-10-9-20-2/h3-8,11-12,19H,9-10H2,1-2H3. The Morgan fingerprint density at radius 3 is 2.52 bits per heavy atom. The molecule has 2 rings (SSSR count). The van der Waals surface area contributed by atoms with E-state index in [0.717, 1.165) is 10.7 Å². The Morgan fingerprint density at radius 1 is 1.14 bits per heavy atom. The summed E-state index contributed by atoms with van der Waals surface area (Å²) in [4.78, 5) is 4.25. The number of benzene rings is 1. The zero-order valence-corrected chi connectivity index (χ0v) is 12.9. The number of halogens is 1. The molecule has 0 fully saturated rings. The third-order valence-corrected chi connectivity index (χ3v) is 3.28. The summed E-state index contributed by atoms with van der Waals surface area (Å²) in [6.07, 6.45) is 1.76. The van der Waals surface area contributed by atoms with E-state index in [9.17, 15) is 0 Å². The maximum atomic E-state index is 5.89. The molecule has 0 bridgehead atoms. The van der Waals surface area contributed by atoms with Crippen LogP contribution in [0.5, 0.6) is 5.88 Å². The summed E-state index contributed by atoms with van der Waals surface area (Å²) < 4.78 is 10.3. The van der Waals surface area contributed by atoms with E-state index >= 15 is 0 Å². The van der Waals surface area contributed by atoms with Crippen LogP contribution in [0, 0.1) is 0 Å². The largest absolute Gasteiger partial charge is 0.475 e. The first-order valence-electron chi connectivity index (χ1n) is 6.79. The summed E-state index contributed by atoms with van der Waals surface area (Å²) in [5, 5.41) is 4.13. The topological polar surface area (TPSA) is 43.4 Å². The van der Waals surface area contributed by atoms with E-state index in [1.54, 1.807) is 13.3 Å². The van der Waals surface area contributed by atoms with E-state index in [1.807, 2.05) is 36.4 Å². The van der Waals surface area contributed by atoms with E-state index in [-0.39, 0.29) is 6.04 Å². The number of aromatic nitrogens is 1. The molecule has 1 atom stereocenters. The Morgan fingerprint density at radius 2 is 1.90 bits per heavy atom. The maximum absolute atomic E-state index is 5.89. The monoisotopic (exact) mass is 306 g/mol. The average Bonchev–Trinajstić information content (AvgIpc) is 2.50. The molecule has 21 heavy (non-hydrogen) atoms. The van der Waals surface area contributed by atoms with Gasteiger partial charge in [0.05, 0.1) is 18.5 Å². The number of methoxy groups -OCH3 is 1. The molecule has 1 heterocycles. The quantitative estimate of drug-likeness (QED) is 0.787. The molecule has 0 saturated carbocycles. The fourth-order valence-corrected chi connectivity index (χ4v) is 1.99. The molecule has 0 aliphatic heterocycles. The first kappa shape index (κ1) is 15.6. The van der Waals surface area contributed by atoms with Crippen molar-refractivity contribution in [3.63, 3.8) is 0 Å². The SMILES string of the molecule is COCCOc1ccc(NC(C)c2ccc(Cl)cc2)cn1. The minimum absolute atomic E-state index is 0.171. The van der Waals surface area contributed by atoms with E-state index < -0.39 is 0 Å². The molecule has 1 aromatic carbocycles. The first-order chi connectivity index (χ1) is 10.2. The first-order valence-corrected chi connectivity index (χ1v) is 7.16. The lowest BCUT2D eigenvalue weighted by Crippen LogP contribution is -2.08. The van der Waals surface area contributed by atoms with E-state index in [1.165, 1.54) is 5.56 Å². The second kappa shape index (κ2) is 7.86. The molecule has 0 spiro atoms. The highest BCUT2D eigenvalue weighted by molar-refractivity contribution is 6.30. The number of ether oxygens (including phenoxy) is 2. The van der Waals surface area contributed by atoms with E-state index in [2.05, 4.69) is 17.2 Å². The van der Waals surface area contributed by atoms with Crippen LogP contribution in [0.15, 0.2) is 42.6 Å². The van der Waals surface area contributed by atoms with Crippen molar-refractivity contribution in [2.24, 2.45) is 0 Å². The Bertz CT molecular complexity index is 543. The van der Waals surface area contributed by atoms with Crippen molar-refractivity contribution < 1.29 is 9.47 Å². The minimum atomic E-state index is 0.171. The zero-order chi connectivity index (χ0) is 15.1. The minimum Gasteiger partial charge on any atom is -0.475 e. The third-order valence-electron chi connectivity index (χ3n) is 3.03. The molecule has 0 aliphatic rings. The Labute approximate surface area is 130 Å². The average molecular weight is 307 g/mol. The van der Waals surface area contributed by atoms with Crippen LogP contribution >= 0.6 is 11.6 Å². The molecule has 0 amide bonds. The van der Waals surface area contributed by atoms with Crippen molar-refractivity contribution in [3.05, 3.63) is 53.2 Å². The Hall–Kier alpha value is -1.78. The molecule has 2 aromatic rings. The molecule has 0 saturated heterocycles. The lowest BCUT2D eigenvalue weighted by molar-refractivity contribution is 0.144. The van der Waals surface area contributed by atoms with Crippen LogP contribution in [0.3, 0.4) is 0 Å². The van der Waals surface area contributed by atoms with Gasteiger partial charge >= 0.3 is 0 Å². The number of anilines is 1. The van der Waals surface area contributed by atoms with Crippen molar-refractivity contribution in [2.45, 2.75) is 13.0 Å². The molecule has 5 heteroatoms. The molecule has 1 unspecified atom stereocenters. The fraction of sp³-hybridized carbons (Fsp3) is 0.312. The van der Waals surface area contributed by atoms with Gasteiger partial charge in [-0.2, -0.15) is 0 Å². The number of hydrogen-bond acceptors (Lipinski definition) is 4. The smallest absolute Gasteiger partial charge is 0.213 e. The third kappa shape index (κ3) is 4.92. The summed E-state index contributed by atoms with van der Waals surface area (Å²) in [5.41, 5.74) is 2.11. The predicted molar refractivity (Wildman–Crippen MR) is 85.1 cm³/mol. The molecule has 1 aromatic heterocycles. The number of hydrogen-bond donors (Lipinski definition) is 1. The van der Waals surface area contributed by atoms with E-state index in [0.29, 0.717) is 19.1 Å². The lowest BCUT2D eigenvalue weighted by atomic mass is 10.1. The number of pyridine rings is 1. The van der Waals surface area contributed by atoms with Crippen molar-refractivity contribution in [1.29, 1.82) is 0 Å². The number of nitrogens with zero attached hydrogens (tertiary/aromatic N) is 1. The van der Waals surface area contributed by atoms with Gasteiger partial charge in [0.1, 0.15) is 6.61 Å². The van der Waals surface area contributed by atoms with Crippen LogP contribution in [-0.4, -0.2) is 25.3 Å². The van der Waals surface area contributed by atoms with Crippen LogP contribution in [0.4, 0.5) is 5.69 Å². The highest BCUT2D eigenvalue weighted by Gasteiger charge is 2.05. The number of rotatable bonds is 7. The summed E-state index contributed by atoms with van der Waals surface area (Å²) in [6, 6.07) is 11.8. The van der Waals surface area contributed by atoms with E-state index in [4.69, 9.17) is 21.1 Å².